The van der Waals surface area contributed by atoms with Crippen LogP contribution in [0, 0.1) is 0 Å². The van der Waals surface area contributed by atoms with Crippen molar-refractivity contribution in [1.82, 2.24) is 0 Å². The van der Waals surface area contributed by atoms with Gasteiger partial charge in [0.05, 0.1) is 18.6 Å². The van der Waals surface area contributed by atoms with E-state index in [2.05, 4.69) is 28.1 Å². The molecule has 0 atom stereocenters. The monoisotopic (exact) mass is 313 g/mol. The Morgan fingerprint density at radius 2 is 1.48 bits per heavy atom. The van der Waals surface area contributed by atoms with Gasteiger partial charge in [0.15, 0.2) is 0 Å². The van der Waals surface area contributed by atoms with Crippen LogP contribution in [-0.2, 0) is 6.54 Å². The van der Waals surface area contributed by atoms with E-state index >= 15 is 0 Å². The summed E-state index contributed by atoms with van der Waals surface area (Å²) in [5.41, 5.74) is 6.85. The van der Waals surface area contributed by atoms with Gasteiger partial charge in [-0.15, -0.1) is 0 Å². The average Bonchev–Trinajstić information content (AvgIpc) is 2.62. The molecule has 0 radical (unpaired) electrons. The second kappa shape index (κ2) is 11.2. The first-order valence-corrected chi connectivity index (χ1v) is 9.25. The summed E-state index contributed by atoms with van der Waals surface area (Å²) in [6, 6.07) is 14.1. The van der Waals surface area contributed by atoms with Gasteiger partial charge >= 0.3 is 0 Å². The number of hydrogen-bond donors (Lipinski definition) is 1. The Bertz CT molecular complexity index is 465. The first-order chi connectivity index (χ1) is 11.3. The Balaban J connectivity index is 0.000000229. The molecule has 3 heteroatoms. The third kappa shape index (κ3) is 8.11. The highest BCUT2D eigenvalue weighted by atomic mass is 14.8. The number of rotatable bonds is 3. The van der Waals surface area contributed by atoms with Gasteiger partial charge in [0, 0.05) is 6.04 Å². The van der Waals surface area contributed by atoms with Gasteiger partial charge in [-0.25, -0.2) is 9.98 Å². The van der Waals surface area contributed by atoms with Crippen LogP contribution in [0.15, 0.2) is 40.3 Å². The number of benzene rings is 1. The van der Waals surface area contributed by atoms with Crippen LogP contribution < -0.4 is 5.73 Å². The second-order valence-corrected chi connectivity index (χ2v) is 6.72. The average molecular weight is 313 g/mol. The van der Waals surface area contributed by atoms with E-state index < -0.39 is 0 Å². The predicted molar refractivity (Wildman–Crippen MR) is 97.9 cm³/mol. The summed E-state index contributed by atoms with van der Waals surface area (Å²) < 4.78 is 0. The molecule has 0 unspecified atom stereocenters. The van der Waals surface area contributed by atoms with Gasteiger partial charge in [-0.1, -0.05) is 68.9 Å². The van der Waals surface area contributed by atoms with Gasteiger partial charge in [-0.05, 0) is 31.2 Å². The molecule has 0 saturated heterocycles. The van der Waals surface area contributed by atoms with Crippen LogP contribution in [0.2, 0.25) is 0 Å². The lowest BCUT2D eigenvalue weighted by Gasteiger charge is -2.15. The molecule has 2 aliphatic rings. The SMILES string of the molecule is C(=NCc1ccccc1)=NC1CCCCC1.NC1CCCCC1. The lowest BCUT2D eigenvalue weighted by atomic mass is 9.96. The molecule has 23 heavy (non-hydrogen) atoms. The van der Waals surface area contributed by atoms with Gasteiger partial charge in [0.1, 0.15) is 0 Å². The Morgan fingerprint density at radius 1 is 0.870 bits per heavy atom. The Hall–Kier alpha value is -1.44. The first-order valence-electron chi connectivity index (χ1n) is 9.25. The minimum Gasteiger partial charge on any atom is -0.328 e. The minimum atomic E-state index is 0.480. The Kier molecular flexibility index (Phi) is 8.68. The fourth-order valence-corrected chi connectivity index (χ4v) is 3.18. The van der Waals surface area contributed by atoms with Crippen LogP contribution in [0.4, 0.5) is 0 Å². The van der Waals surface area contributed by atoms with Crippen molar-refractivity contribution in [3.8, 4) is 0 Å². The van der Waals surface area contributed by atoms with Crippen molar-refractivity contribution < 1.29 is 0 Å². The van der Waals surface area contributed by atoms with Gasteiger partial charge < -0.3 is 5.73 Å². The van der Waals surface area contributed by atoms with Crippen LogP contribution >= 0.6 is 0 Å². The molecule has 1 aromatic rings. The first kappa shape index (κ1) is 17.9. The zero-order chi connectivity index (χ0) is 16.2. The van der Waals surface area contributed by atoms with Crippen LogP contribution in [-0.4, -0.2) is 18.1 Å². The normalized spacial score (nSPS) is 19.2. The third-order valence-corrected chi connectivity index (χ3v) is 4.64. The molecule has 0 spiro atoms. The van der Waals surface area contributed by atoms with Crippen LogP contribution in [0.25, 0.3) is 0 Å². The van der Waals surface area contributed by atoms with Crippen molar-refractivity contribution in [1.29, 1.82) is 0 Å². The summed E-state index contributed by atoms with van der Waals surface area (Å²) in [5.74, 6) is 0. The van der Waals surface area contributed by atoms with Gasteiger partial charge in [-0.3, -0.25) is 0 Å². The topological polar surface area (TPSA) is 50.7 Å². The van der Waals surface area contributed by atoms with Crippen molar-refractivity contribution in [2.45, 2.75) is 82.8 Å². The van der Waals surface area contributed by atoms with Crippen LogP contribution in [0.1, 0.15) is 69.8 Å². The molecule has 3 nitrogen and oxygen atoms in total. The maximum absolute atomic E-state index is 5.63. The summed E-state index contributed by atoms with van der Waals surface area (Å²) >= 11 is 0. The molecule has 0 heterocycles. The molecule has 0 amide bonds. The highest BCUT2D eigenvalue weighted by molar-refractivity contribution is 5.42. The summed E-state index contributed by atoms with van der Waals surface area (Å²) in [4.78, 5) is 8.60. The standard InChI is InChI=1S/C14H18N2.C6H13N/c1-3-7-13(8-4-1)11-15-12-16-14-9-5-2-6-10-14;7-6-4-2-1-3-5-6/h1,3-4,7-8,14H,2,5-6,9-11H2;6H,1-5,7H2. The molecule has 0 aromatic heterocycles. The molecular weight excluding hydrogens is 282 g/mol. The fourth-order valence-electron chi connectivity index (χ4n) is 3.18. The Morgan fingerprint density at radius 3 is 2.04 bits per heavy atom. The number of aliphatic imine (C=N–C) groups is 2. The molecule has 0 aliphatic heterocycles. The Labute approximate surface area is 141 Å². The number of nitrogens with zero attached hydrogens (tertiary/aromatic N) is 2. The van der Waals surface area contributed by atoms with E-state index in [0.717, 1.165) is 0 Å². The highest BCUT2D eigenvalue weighted by Crippen LogP contribution is 2.19. The number of nitrogens with two attached hydrogens (primary N) is 1. The largest absolute Gasteiger partial charge is 0.328 e. The zero-order valence-corrected chi connectivity index (χ0v) is 14.3. The van der Waals surface area contributed by atoms with E-state index in [4.69, 9.17) is 5.73 Å². The highest BCUT2D eigenvalue weighted by Gasteiger charge is 2.10. The number of hydrogen-bond acceptors (Lipinski definition) is 3. The van der Waals surface area contributed by atoms with E-state index in [1.165, 1.54) is 69.8 Å². The summed E-state index contributed by atoms with van der Waals surface area (Å²) in [7, 11) is 0. The molecule has 2 fully saturated rings. The minimum absolute atomic E-state index is 0.480. The molecule has 2 aliphatic carbocycles. The van der Waals surface area contributed by atoms with E-state index in [1.54, 1.807) is 0 Å². The molecule has 0 bridgehead atoms. The summed E-state index contributed by atoms with van der Waals surface area (Å²) in [5, 5.41) is 0. The lowest BCUT2D eigenvalue weighted by molar-refractivity contribution is 0.441. The molecule has 3 rings (SSSR count). The second-order valence-electron chi connectivity index (χ2n) is 6.72. The lowest BCUT2D eigenvalue weighted by Crippen LogP contribution is -2.22. The molecular formula is C20H31N3. The van der Waals surface area contributed by atoms with Gasteiger partial charge in [0.2, 0.25) is 0 Å². The maximum Gasteiger partial charge on any atom is 0.0898 e. The van der Waals surface area contributed by atoms with E-state index in [1.807, 2.05) is 18.2 Å². The molecule has 2 saturated carbocycles. The fraction of sp³-hybridized carbons (Fsp3) is 0.650. The summed E-state index contributed by atoms with van der Waals surface area (Å²) in [6.07, 6.45) is 13.1. The molecule has 126 valence electrons. The van der Waals surface area contributed by atoms with Gasteiger partial charge in [-0.2, -0.15) is 0 Å². The van der Waals surface area contributed by atoms with Gasteiger partial charge in [0.25, 0.3) is 0 Å². The van der Waals surface area contributed by atoms with E-state index in [0.29, 0.717) is 18.6 Å². The molecule has 2 N–H and O–H groups in total. The molecule has 1 aromatic carbocycles. The van der Waals surface area contributed by atoms with Crippen LogP contribution in [0.3, 0.4) is 0 Å². The van der Waals surface area contributed by atoms with Crippen molar-refractivity contribution in [3.63, 3.8) is 0 Å². The quantitative estimate of drug-likeness (QED) is 0.787. The van der Waals surface area contributed by atoms with Crippen molar-refractivity contribution in [3.05, 3.63) is 35.9 Å². The van der Waals surface area contributed by atoms with Crippen molar-refractivity contribution in [2.24, 2.45) is 15.7 Å². The van der Waals surface area contributed by atoms with E-state index in [9.17, 15) is 0 Å². The van der Waals surface area contributed by atoms with E-state index in [-0.39, 0.29) is 0 Å². The van der Waals surface area contributed by atoms with Crippen molar-refractivity contribution in [2.75, 3.05) is 0 Å². The predicted octanol–water partition coefficient (Wildman–Crippen LogP) is 4.97. The smallest absolute Gasteiger partial charge is 0.0898 e. The van der Waals surface area contributed by atoms with Crippen LogP contribution in [0.5, 0.6) is 0 Å². The zero-order valence-electron chi connectivity index (χ0n) is 14.3. The summed E-state index contributed by atoms with van der Waals surface area (Å²) in [6.45, 7) is 0.692. The van der Waals surface area contributed by atoms with Crippen molar-refractivity contribution >= 4 is 6.01 Å². The maximum atomic E-state index is 5.63. The third-order valence-electron chi connectivity index (χ3n) is 4.64.